The van der Waals surface area contributed by atoms with Crippen molar-refractivity contribution in [3.8, 4) is 11.5 Å². The van der Waals surface area contributed by atoms with Crippen molar-refractivity contribution < 1.29 is 19.2 Å². The van der Waals surface area contributed by atoms with Crippen LogP contribution in [0.4, 0.5) is 11.4 Å². The highest BCUT2D eigenvalue weighted by atomic mass is 79.9. The van der Waals surface area contributed by atoms with Crippen molar-refractivity contribution >= 4 is 33.2 Å². The van der Waals surface area contributed by atoms with E-state index in [1.54, 1.807) is 38.3 Å². The van der Waals surface area contributed by atoms with Crippen LogP contribution in [0.2, 0.25) is 0 Å². The zero-order valence-electron chi connectivity index (χ0n) is 13.0. The lowest BCUT2D eigenvalue weighted by Gasteiger charge is -2.15. The average Bonchev–Trinajstić information content (AvgIpc) is 2.56. The molecule has 0 fully saturated rings. The van der Waals surface area contributed by atoms with E-state index in [0.29, 0.717) is 21.7 Å². The van der Waals surface area contributed by atoms with Gasteiger partial charge in [0.25, 0.3) is 11.6 Å². The number of non-ortho nitro benzene ring substituents is 1. The molecule has 1 unspecified atom stereocenters. The zero-order valence-corrected chi connectivity index (χ0v) is 14.6. The van der Waals surface area contributed by atoms with Crippen molar-refractivity contribution in [3.63, 3.8) is 0 Å². The van der Waals surface area contributed by atoms with E-state index in [-0.39, 0.29) is 11.6 Å². The number of carbonyl (C=O) groups is 1. The summed E-state index contributed by atoms with van der Waals surface area (Å²) in [6.45, 7) is 1.61. The first-order chi connectivity index (χ1) is 11.4. The van der Waals surface area contributed by atoms with Gasteiger partial charge < -0.3 is 14.8 Å². The number of methoxy groups -OCH3 is 1. The number of nitro benzene ring substituents is 1. The highest BCUT2D eigenvalue weighted by Crippen LogP contribution is 2.27. The molecule has 0 aliphatic rings. The fourth-order valence-corrected chi connectivity index (χ4v) is 2.35. The van der Waals surface area contributed by atoms with E-state index in [4.69, 9.17) is 9.47 Å². The molecule has 0 saturated carbocycles. The molecule has 1 amide bonds. The molecule has 8 heteroatoms. The number of hydrogen-bond donors (Lipinski definition) is 1. The summed E-state index contributed by atoms with van der Waals surface area (Å²) in [5.74, 6) is 0.741. The molecule has 0 aliphatic heterocycles. The molecule has 0 bridgehead atoms. The molecule has 0 radical (unpaired) electrons. The lowest BCUT2D eigenvalue weighted by molar-refractivity contribution is -0.384. The minimum Gasteiger partial charge on any atom is -0.497 e. The van der Waals surface area contributed by atoms with Gasteiger partial charge in [-0.1, -0.05) is 6.07 Å². The molecule has 126 valence electrons. The predicted octanol–water partition coefficient (Wildman–Crippen LogP) is 3.77. The molecule has 0 spiro atoms. The Morgan fingerprint density at radius 3 is 2.58 bits per heavy atom. The number of nitrogens with one attached hydrogen (secondary N) is 1. The molecule has 0 heterocycles. The molecule has 7 nitrogen and oxygen atoms in total. The fraction of sp³-hybridized carbons (Fsp3) is 0.188. The average molecular weight is 395 g/mol. The van der Waals surface area contributed by atoms with Gasteiger partial charge in [-0.3, -0.25) is 14.9 Å². The second-order valence-electron chi connectivity index (χ2n) is 4.85. The monoisotopic (exact) mass is 394 g/mol. The van der Waals surface area contributed by atoms with Gasteiger partial charge in [-0.2, -0.15) is 0 Å². The standard InChI is InChI=1S/C16H15BrN2O5/c1-10(24-13-5-3-4-12(9-13)23-2)16(20)18-15-7-6-11(19(21)22)8-14(15)17/h3-10H,1-2H3,(H,18,20). The second kappa shape index (κ2) is 7.78. The summed E-state index contributed by atoms with van der Waals surface area (Å²) in [6, 6.07) is 11.0. The van der Waals surface area contributed by atoms with E-state index in [1.165, 1.54) is 18.2 Å². The number of anilines is 1. The van der Waals surface area contributed by atoms with E-state index in [2.05, 4.69) is 21.2 Å². The molecule has 1 atom stereocenters. The summed E-state index contributed by atoms with van der Waals surface area (Å²) in [5.41, 5.74) is 0.354. The molecule has 0 saturated heterocycles. The molecule has 2 rings (SSSR count). The number of ether oxygens (including phenoxy) is 2. The third kappa shape index (κ3) is 4.45. The van der Waals surface area contributed by atoms with E-state index >= 15 is 0 Å². The predicted molar refractivity (Wildman–Crippen MR) is 92.5 cm³/mol. The maximum Gasteiger partial charge on any atom is 0.270 e. The smallest absolute Gasteiger partial charge is 0.270 e. The van der Waals surface area contributed by atoms with Gasteiger partial charge in [0.15, 0.2) is 6.10 Å². The first-order valence-corrected chi connectivity index (χ1v) is 7.75. The Balaban J connectivity index is 2.04. The van der Waals surface area contributed by atoms with Crippen molar-refractivity contribution in [1.82, 2.24) is 0 Å². The van der Waals surface area contributed by atoms with Crippen LogP contribution in [-0.2, 0) is 4.79 Å². The van der Waals surface area contributed by atoms with Crippen molar-refractivity contribution in [3.05, 3.63) is 57.1 Å². The normalized spacial score (nSPS) is 11.5. The van der Waals surface area contributed by atoms with Gasteiger partial charge >= 0.3 is 0 Å². The van der Waals surface area contributed by atoms with Gasteiger partial charge in [0.2, 0.25) is 0 Å². The molecule has 24 heavy (non-hydrogen) atoms. The number of nitrogens with zero attached hydrogens (tertiary/aromatic N) is 1. The van der Waals surface area contributed by atoms with Crippen LogP contribution in [0.3, 0.4) is 0 Å². The Labute approximate surface area is 146 Å². The van der Waals surface area contributed by atoms with Crippen LogP contribution in [0.25, 0.3) is 0 Å². The first-order valence-electron chi connectivity index (χ1n) is 6.96. The van der Waals surface area contributed by atoms with Gasteiger partial charge in [0, 0.05) is 22.7 Å². The first kappa shape index (κ1) is 17.7. The zero-order chi connectivity index (χ0) is 17.7. The SMILES string of the molecule is COc1cccc(OC(C)C(=O)Nc2ccc([N+](=O)[O-])cc2Br)c1. The topological polar surface area (TPSA) is 90.7 Å². The van der Waals surface area contributed by atoms with Gasteiger partial charge in [-0.05, 0) is 41.1 Å². The molecule has 0 aliphatic carbocycles. The summed E-state index contributed by atoms with van der Waals surface area (Å²) in [4.78, 5) is 22.4. The minimum atomic E-state index is -0.765. The van der Waals surface area contributed by atoms with Gasteiger partial charge in [0.05, 0.1) is 17.7 Å². The maximum atomic E-state index is 12.2. The number of nitro groups is 1. The summed E-state index contributed by atoms with van der Waals surface area (Å²) in [6.07, 6.45) is -0.765. The van der Waals surface area contributed by atoms with Gasteiger partial charge in [-0.25, -0.2) is 0 Å². The number of halogens is 1. The Hall–Kier alpha value is -2.61. The maximum absolute atomic E-state index is 12.2. The number of hydrogen-bond acceptors (Lipinski definition) is 5. The van der Waals surface area contributed by atoms with Crippen LogP contribution in [0.15, 0.2) is 46.9 Å². The Kier molecular flexibility index (Phi) is 5.75. The summed E-state index contributed by atoms with van der Waals surface area (Å²) >= 11 is 3.20. The Morgan fingerprint density at radius 1 is 1.25 bits per heavy atom. The lowest BCUT2D eigenvalue weighted by Crippen LogP contribution is -2.30. The van der Waals surface area contributed by atoms with Gasteiger partial charge in [0.1, 0.15) is 11.5 Å². The molecule has 1 N–H and O–H groups in total. The van der Waals surface area contributed by atoms with Crippen molar-refractivity contribution in [2.24, 2.45) is 0 Å². The highest BCUT2D eigenvalue weighted by molar-refractivity contribution is 9.10. The van der Waals surface area contributed by atoms with Crippen LogP contribution in [0, 0.1) is 10.1 Å². The number of benzene rings is 2. The Morgan fingerprint density at radius 2 is 1.96 bits per heavy atom. The molecule has 2 aromatic rings. The number of amides is 1. The minimum absolute atomic E-state index is 0.0689. The van der Waals surface area contributed by atoms with E-state index < -0.39 is 11.0 Å². The molecular weight excluding hydrogens is 380 g/mol. The number of carbonyl (C=O) groups excluding carboxylic acids is 1. The summed E-state index contributed by atoms with van der Waals surface area (Å²) in [7, 11) is 1.54. The van der Waals surface area contributed by atoms with Crippen LogP contribution in [-0.4, -0.2) is 24.0 Å². The lowest BCUT2D eigenvalue weighted by atomic mass is 10.2. The summed E-state index contributed by atoms with van der Waals surface area (Å²) in [5, 5.41) is 13.4. The fourth-order valence-electron chi connectivity index (χ4n) is 1.89. The Bertz CT molecular complexity index is 766. The van der Waals surface area contributed by atoms with Crippen molar-refractivity contribution in [1.29, 1.82) is 0 Å². The third-order valence-corrected chi connectivity index (χ3v) is 3.80. The quantitative estimate of drug-likeness (QED) is 0.594. The number of rotatable bonds is 6. The second-order valence-corrected chi connectivity index (χ2v) is 5.70. The van der Waals surface area contributed by atoms with Crippen LogP contribution < -0.4 is 14.8 Å². The largest absolute Gasteiger partial charge is 0.497 e. The molecule has 2 aromatic carbocycles. The van der Waals surface area contributed by atoms with Crippen LogP contribution in [0.5, 0.6) is 11.5 Å². The van der Waals surface area contributed by atoms with Gasteiger partial charge in [-0.15, -0.1) is 0 Å². The van der Waals surface area contributed by atoms with Crippen molar-refractivity contribution in [2.45, 2.75) is 13.0 Å². The summed E-state index contributed by atoms with van der Waals surface area (Å²) < 4.78 is 11.1. The molecule has 0 aromatic heterocycles. The van der Waals surface area contributed by atoms with Crippen LogP contribution in [0.1, 0.15) is 6.92 Å². The van der Waals surface area contributed by atoms with E-state index in [1.807, 2.05) is 0 Å². The third-order valence-electron chi connectivity index (χ3n) is 3.14. The molecular formula is C16H15BrN2O5. The van der Waals surface area contributed by atoms with E-state index in [0.717, 1.165) is 0 Å². The van der Waals surface area contributed by atoms with Crippen LogP contribution >= 0.6 is 15.9 Å². The highest BCUT2D eigenvalue weighted by Gasteiger charge is 2.17. The van der Waals surface area contributed by atoms with Crippen molar-refractivity contribution in [2.75, 3.05) is 12.4 Å². The van der Waals surface area contributed by atoms with E-state index in [9.17, 15) is 14.9 Å².